The molecule has 1 spiro atoms. The number of amides is 1. The number of rotatable bonds is 2. The maximum absolute atomic E-state index is 12.4. The zero-order chi connectivity index (χ0) is 19.2. The maximum Gasteiger partial charge on any atom is 0.290 e. The average molecular weight is 386 g/mol. The largest absolute Gasteiger partial charge is 0.483 e. The summed E-state index contributed by atoms with van der Waals surface area (Å²) in [4.78, 5) is 22.6. The first kappa shape index (κ1) is 20.6. The summed E-state index contributed by atoms with van der Waals surface area (Å²) in [6, 6.07) is 7.32. The molecule has 0 radical (unpaired) electrons. The molecule has 0 unspecified atom stereocenters. The number of aliphatic hydroxyl groups is 2. The van der Waals surface area contributed by atoms with E-state index in [1.165, 1.54) is 0 Å². The number of benzene rings is 1. The van der Waals surface area contributed by atoms with Crippen LogP contribution in [0.25, 0.3) is 0 Å². The first-order chi connectivity index (χ1) is 12.4. The molecule has 2 fully saturated rings. The summed E-state index contributed by atoms with van der Waals surface area (Å²) in [5.41, 5.74) is 0.558. The van der Waals surface area contributed by atoms with Gasteiger partial charge >= 0.3 is 0 Å². The van der Waals surface area contributed by atoms with E-state index in [0.29, 0.717) is 43.8 Å². The summed E-state index contributed by atoms with van der Waals surface area (Å²) in [6.07, 6.45) is 0.664. The quantitative estimate of drug-likeness (QED) is 0.658. The second kappa shape index (κ2) is 9.32. The molecule has 2 aliphatic heterocycles. The first-order valence-electron chi connectivity index (χ1n) is 8.49. The molecule has 0 saturated carbocycles. The Bertz CT molecular complexity index is 600. The number of hydrogen-bond acceptors (Lipinski definition) is 5. The van der Waals surface area contributed by atoms with Gasteiger partial charge in [0, 0.05) is 24.5 Å². The van der Waals surface area contributed by atoms with E-state index in [-0.39, 0.29) is 19.0 Å². The lowest BCUT2D eigenvalue weighted by molar-refractivity contribution is -0.188. The van der Waals surface area contributed by atoms with Crippen LogP contribution < -0.4 is 0 Å². The van der Waals surface area contributed by atoms with Gasteiger partial charge < -0.3 is 25.0 Å². The molecule has 26 heavy (non-hydrogen) atoms. The van der Waals surface area contributed by atoms with Crippen molar-refractivity contribution in [1.29, 1.82) is 0 Å². The topological polar surface area (TPSA) is 107 Å². The van der Waals surface area contributed by atoms with E-state index in [1.807, 2.05) is 17.0 Å². The number of likely N-dealkylation sites (tertiary alicyclic amines) is 1. The maximum atomic E-state index is 12.4. The number of nitrogens with zero attached hydrogens (tertiary/aromatic N) is 1. The molecule has 3 rings (SSSR count). The molecule has 0 aliphatic carbocycles. The smallest absolute Gasteiger partial charge is 0.290 e. The molecule has 2 aliphatic rings. The minimum atomic E-state index is -0.801. The van der Waals surface area contributed by atoms with E-state index in [1.54, 1.807) is 12.1 Å². The van der Waals surface area contributed by atoms with E-state index in [9.17, 15) is 15.0 Å². The van der Waals surface area contributed by atoms with E-state index in [4.69, 9.17) is 26.2 Å². The first-order valence-corrected chi connectivity index (χ1v) is 8.87. The third kappa shape index (κ3) is 5.41. The van der Waals surface area contributed by atoms with Gasteiger partial charge in [0.25, 0.3) is 6.47 Å². The second-order valence-corrected chi connectivity index (χ2v) is 7.06. The van der Waals surface area contributed by atoms with Crippen LogP contribution in [0.4, 0.5) is 0 Å². The molecule has 144 valence electrons. The number of ether oxygens (including phenoxy) is 1. The third-order valence-corrected chi connectivity index (χ3v) is 5.13. The van der Waals surface area contributed by atoms with Crippen LogP contribution in [0.5, 0.6) is 0 Å². The number of carboxylic acid groups (broad SMARTS) is 1. The monoisotopic (exact) mass is 385 g/mol. The Kier molecular flexibility index (Phi) is 7.40. The van der Waals surface area contributed by atoms with Crippen molar-refractivity contribution in [3.05, 3.63) is 34.9 Å². The van der Waals surface area contributed by atoms with Gasteiger partial charge in [0.15, 0.2) is 0 Å². The highest BCUT2D eigenvalue weighted by atomic mass is 35.5. The summed E-state index contributed by atoms with van der Waals surface area (Å²) in [7, 11) is 0. The Balaban J connectivity index is 0.000000758. The Hall–Kier alpha value is -1.67. The van der Waals surface area contributed by atoms with Crippen molar-refractivity contribution in [1.82, 2.24) is 4.90 Å². The zero-order valence-electron chi connectivity index (χ0n) is 14.4. The number of aliphatic hydroxyl groups excluding tert-OH is 2. The van der Waals surface area contributed by atoms with Gasteiger partial charge in [-0.25, -0.2) is 0 Å². The highest BCUT2D eigenvalue weighted by Crippen LogP contribution is 2.35. The lowest BCUT2D eigenvalue weighted by atomic mass is 9.82. The zero-order valence-corrected chi connectivity index (χ0v) is 15.1. The molecule has 3 N–H and O–H groups in total. The van der Waals surface area contributed by atoms with Crippen molar-refractivity contribution in [2.24, 2.45) is 0 Å². The van der Waals surface area contributed by atoms with Gasteiger partial charge in [0.05, 0.1) is 24.7 Å². The van der Waals surface area contributed by atoms with Gasteiger partial charge in [0.1, 0.15) is 6.10 Å². The van der Waals surface area contributed by atoms with Gasteiger partial charge in [-0.1, -0.05) is 23.7 Å². The summed E-state index contributed by atoms with van der Waals surface area (Å²) in [6.45, 7) is 1.16. The summed E-state index contributed by atoms with van der Waals surface area (Å²) < 4.78 is 5.79. The van der Waals surface area contributed by atoms with Gasteiger partial charge in [-0.3, -0.25) is 9.59 Å². The fourth-order valence-electron chi connectivity index (χ4n) is 3.35. The molecular weight excluding hydrogens is 362 g/mol. The molecule has 0 aromatic heterocycles. The Labute approximate surface area is 157 Å². The van der Waals surface area contributed by atoms with Crippen LogP contribution in [0.15, 0.2) is 24.3 Å². The Morgan fingerprint density at radius 3 is 2.35 bits per heavy atom. The van der Waals surface area contributed by atoms with Crippen molar-refractivity contribution in [3.63, 3.8) is 0 Å². The third-order valence-electron chi connectivity index (χ3n) is 4.88. The number of hydrogen-bond donors (Lipinski definition) is 3. The molecule has 2 heterocycles. The summed E-state index contributed by atoms with van der Waals surface area (Å²) >= 11 is 5.85. The van der Waals surface area contributed by atoms with Crippen LogP contribution >= 0.6 is 11.6 Å². The Morgan fingerprint density at radius 2 is 1.81 bits per heavy atom. The molecule has 1 amide bonds. The molecular formula is C18H24ClNO6. The van der Waals surface area contributed by atoms with Crippen LogP contribution in [0.1, 0.15) is 24.8 Å². The standard InChI is InChI=1S/C17H22ClNO4.CH2O2/c18-13-3-1-12(2-4-13)9-16(22)19-7-5-17(6-8-19)10-14(20)15(21)11-23-17;2-1-3/h1-4,14-15,20-21H,5-11H2;1H,(H,2,3)/t14-,15+;/m1./s1. The van der Waals surface area contributed by atoms with E-state index in [2.05, 4.69) is 0 Å². The average Bonchev–Trinajstić information content (AvgIpc) is 2.62. The summed E-state index contributed by atoms with van der Waals surface area (Å²) in [5.74, 6) is 0.0959. The predicted molar refractivity (Wildman–Crippen MR) is 95.0 cm³/mol. The van der Waals surface area contributed by atoms with Crippen LogP contribution in [0, 0.1) is 0 Å². The summed E-state index contributed by atoms with van der Waals surface area (Å²) in [5, 5.41) is 27.0. The lowest BCUT2D eigenvalue weighted by Crippen LogP contribution is -2.55. The minimum Gasteiger partial charge on any atom is -0.483 e. The normalized spacial score (nSPS) is 24.5. The number of carbonyl (C=O) groups excluding carboxylic acids is 1. The van der Waals surface area contributed by atoms with Crippen molar-refractivity contribution in [2.75, 3.05) is 19.7 Å². The fourth-order valence-corrected chi connectivity index (χ4v) is 3.48. The van der Waals surface area contributed by atoms with E-state index >= 15 is 0 Å². The fraction of sp³-hybridized carbons (Fsp3) is 0.556. The van der Waals surface area contributed by atoms with Gasteiger partial charge in [-0.05, 0) is 30.5 Å². The molecule has 8 heteroatoms. The highest BCUT2D eigenvalue weighted by molar-refractivity contribution is 6.30. The van der Waals surface area contributed by atoms with Crippen molar-refractivity contribution < 1.29 is 29.6 Å². The van der Waals surface area contributed by atoms with Crippen molar-refractivity contribution >= 4 is 24.0 Å². The van der Waals surface area contributed by atoms with Gasteiger partial charge in [0.2, 0.25) is 5.91 Å². The van der Waals surface area contributed by atoms with Gasteiger partial charge in [-0.15, -0.1) is 0 Å². The minimum absolute atomic E-state index is 0.0959. The molecule has 2 atom stereocenters. The van der Waals surface area contributed by atoms with Gasteiger partial charge in [-0.2, -0.15) is 0 Å². The predicted octanol–water partition coefficient (Wildman–Crippen LogP) is 1.09. The van der Waals surface area contributed by atoms with Crippen molar-refractivity contribution in [3.8, 4) is 0 Å². The lowest BCUT2D eigenvalue weighted by Gasteiger charge is -2.46. The molecule has 0 bridgehead atoms. The second-order valence-electron chi connectivity index (χ2n) is 6.62. The van der Waals surface area contributed by atoms with Crippen LogP contribution in [-0.2, 0) is 20.7 Å². The highest BCUT2D eigenvalue weighted by Gasteiger charge is 2.43. The number of halogens is 1. The number of piperidine rings is 1. The van der Waals surface area contributed by atoms with E-state index in [0.717, 1.165) is 5.56 Å². The van der Waals surface area contributed by atoms with Crippen molar-refractivity contribution in [2.45, 2.75) is 43.5 Å². The van der Waals surface area contributed by atoms with Crippen LogP contribution in [0.3, 0.4) is 0 Å². The Morgan fingerprint density at radius 1 is 1.23 bits per heavy atom. The van der Waals surface area contributed by atoms with Crippen LogP contribution in [-0.4, -0.2) is 70.1 Å². The molecule has 2 saturated heterocycles. The molecule has 7 nitrogen and oxygen atoms in total. The molecule has 1 aromatic carbocycles. The SMILES string of the molecule is O=C(Cc1ccc(Cl)cc1)N1CCC2(CC1)C[C@@H](O)[C@@H](O)CO2.O=CO. The molecule has 1 aromatic rings. The van der Waals surface area contributed by atoms with Crippen LogP contribution in [0.2, 0.25) is 5.02 Å². The number of carbonyl (C=O) groups is 2. The van der Waals surface area contributed by atoms with E-state index < -0.39 is 17.8 Å².